The Morgan fingerprint density at radius 1 is 1.07 bits per heavy atom. The van der Waals surface area contributed by atoms with Crippen LogP contribution in [0.3, 0.4) is 0 Å². The van der Waals surface area contributed by atoms with Crippen LogP contribution in [-0.4, -0.2) is 28.2 Å². The molecule has 146 valence electrons. The lowest BCUT2D eigenvalue weighted by Gasteiger charge is -2.38. The minimum absolute atomic E-state index is 0.811. The summed E-state index contributed by atoms with van der Waals surface area (Å²) in [5.41, 5.74) is 2.22. The highest BCUT2D eigenvalue weighted by Gasteiger charge is 2.30. The van der Waals surface area contributed by atoms with Crippen LogP contribution in [0.25, 0.3) is 10.9 Å². The largest absolute Gasteiger partial charge is 0.652 e. The highest BCUT2D eigenvalue weighted by atomic mass is 27.1. The first-order valence-electron chi connectivity index (χ1n) is 11.0. The van der Waals surface area contributed by atoms with Crippen molar-refractivity contribution in [1.82, 2.24) is 10.3 Å². The quantitative estimate of drug-likeness (QED) is 0.338. The van der Waals surface area contributed by atoms with Crippen molar-refractivity contribution >= 4 is 27.5 Å². The Hall–Kier alpha value is -1.34. The molecule has 1 N–H and O–H groups in total. The first-order valence-corrected chi connectivity index (χ1v) is 11.4. The zero-order chi connectivity index (χ0) is 19.2. The number of aromatic nitrogens is 1. The van der Waals surface area contributed by atoms with Crippen LogP contribution in [0.2, 0.25) is 0 Å². The van der Waals surface area contributed by atoms with Gasteiger partial charge in [-0.15, -0.1) is 0 Å². The number of pyridine rings is 1. The van der Waals surface area contributed by atoms with Crippen LogP contribution in [0.15, 0.2) is 42.6 Å². The molecule has 3 unspecified atom stereocenters. The van der Waals surface area contributed by atoms with E-state index in [2.05, 4.69) is 51.2 Å². The van der Waals surface area contributed by atoms with Crippen LogP contribution in [0, 0.1) is 17.8 Å². The van der Waals surface area contributed by atoms with Gasteiger partial charge >= 0.3 is 16.6 Å². The van der Waals surface area contributed by atoms with E-state index in [0.717, 1.165) is 42.1 Å². The Kier molecular flexibility index (Phi) is 7.07. The maximum absolute atomic E-state index is 5.35. The number of unbranched alkanes of at least 4 members (excludes halogenated alkanes) is 3. The summed E-state index contributed by atoms with van der Waals surface area (Å²) in [5, 5.41) is 4.78. The van der Waals surface area contributed by atoms with Gasteiger partial charge in [0.2, 0.25) is 0 Å². The Bertz CT molecular complexity index is 806. The molecule has 3 aliphatic carbocycles. The zero-order valence-electron chi connectivity index (χ0n) is 16.8. The van der Waals surface area contributed by atoms with E-state index in [-0.39, 0.29) is 0 Å². The molecule has 0 spiro atoms. The van der Waals surface area contributed by atoms with E-state index in [1.54, 1.807) is 0 Å². The summed E-state index contributed by atoms with van der Waals surface area (Å²) in [5.74, 6) is 3.60. The molecule has 4 heteroatoms. The summed E-state index contributed by atoms with van der Waals surface area (Å²) in [6, 6.07) is 8.27. The Balaban J connectivity index is 1.13. The normalized spacial score (nSPS) is 23.4. The second-order valence-corrected chi connectivity index (χ2v) is 8.74. The van der Waals surface area contributed by atoms with Crippen LogP contribution in [0.4, 0.5) is 0 Å². The van der Waals surface area contributed by atoms with Gasteiger partial charge < -0.3 is 9.11 Å². The van der Waals surface area contributed by atoms with Crippen molar-refractivity contribution in [2.24, 2.45) is 17.8 Å². The number of nitrogens with one attached hydrogen (secondary N) is 1. The van der Waals surface area contributed by atoms with Crippen molar-refractivity contribution in [3.63, 3.8) is 0 Å². The summed E-state index contributed by atoms with van der Waals surface area (Å²) in [4.78, 5) is 4.47. The molecule has 1 fully saturated rings. The van der Waals surface area contributed by atoms with Crippen LogP contribution in [-0.2, 0) is 6.54 Å². The molecule has 1 aromatic heterocycles. The molecule has 5 rings (SSSR count). The molecule has 3 atom stereocenters. The maximum Gasteiger partial charge on any atom is 0.482 e. The standard InChI is InChI=1S/C24H32N2O.Al/c27-23-13-12-21(22-7-5-15-26-24(22)23)17-25-14-4-2-1-3-6-20-16-18-8-10-19(20)11-9-18;/h5,7-8,10,12-13,15,18-20,25,27H,1-4,6,9,11,14,16-17H2;/q;+1/p-1. The van der Waals surface area contributed by atoms with Gasteiger partial charge in [-0.3, -0.25) is 4.98 Å². The number of benzene rings is 1. The summed E-state index contributed by atoms with van der Waals surface area (Å²) in [6.07, 6.45) is 18.0. The minimum Gasteiger partial charge on any atom is -0.652 e. The van der Waals surface area contributed by atoms with E-state index in [0.29, 0.717) is 0 Å². The van der Waals surface area contributed by atoms with Gasteiger partial charge in [-0.1, -0.05) is 43.5 Å². The molecule has 0 saturated heterocycles. The molecule has 0 amide bonds. The molecule has 1 aromatic carbocycles. The van der Waals surface area contributed by atoms with Gasteiger partial charge in [0.15, 0.2) is 0 Å². The first kappa shape index (κ1) is 20.0. The molecule has 2 bridgehead atoms. The molecule has 2 aromatic rings. The van der Waals surface area contributed by atoms with Crippen molar-refractivity contribution in [2.45, 2.75) is 57.9 Å². The maximum atomic E-state index is 5.35. The molecular weight excluding hydrogens is 359 g/mol. The molecular formula is C24H31AlN2O. The lowest BCUT2D eigenvalue weighted by molar-refractivity contribution is 0.205. The van der Waals surface area contributed by atoms with Crippen LogP contribution >= 0.6 is 0 Å². The van der Waals surface area contributed by atoms with Crippen LogP contribution < -0.4 is 9.11 Å². The Labute approximate surface area is 177 Å². The Morgan fingerprint density at radius 3 is 2.79 bits per heavy atom. The summed E-state index contributed by atoms with van der Waals surface area (Å²) >= 11 is 2.31. The molecule has 2 radical (unpaired) electrons. The molecule has 3 nitrogen and oxygen atoms in total. The minimum atomic E-state index is 0.811. The van der Waals surface area contributed by atoms with E-state index in [1.165, 1.54) is 62.3 Å². The van der Waals surface area contributed by atoms with Gasteiger partial charge in [0, 0.05) is 18.1 Å². The SMILES string of the molecule is [Al][O]c1ccc(CNCCCCCCC2CC3C=CC2CC3)c2cccnc12. The lowest BCUT2D eigenvalue weighted by atomic mass is 9.67. The second-order valence-electron chi connectivity index (χ2n) is 8.50. The lowest BCUT2D eigenvalue weighted by Crippen LogP contribution is -2.27. The Morgan fingerprint density at radius 2 is 2.00 bits per heavy atom. The van der Waals surface area contributed by atoms with Gasteiger partial charge in [0.1, 0.15) is 11.3 Å². The number of allylic oxidation sites excluding steroid dienone is 2. The van der Waals surface area contributed by atoms with Crippen molar-refractivity contribution in [3.8, 4) is 5.75 Å². The van der Waals surface area contributed by atoms with Gasteiger partial charge in [-0.2, -0.15) is 0 Å². The van der Waals surface area contributed by atoms with Gasteiger partial charge in [-0.25, -0.2) is 0 Å². The van der Waals surface area contributed by atoms with Gasteiger partial charge in [-0.05, 0) is 74.1 Å². The van der Waals surface area contributed by atoms with E-state index in [4.69, 9.17) is 3.79 Å². The fourth-order valence-electron chi connectivity index (χ4n) is 5.07. The highest BCUT2D eigenvalue weighted by molar-refractivity contribution is 6.02. The third-order valence-corrected chi connectivity index (χ3v) is 6.91. The predicted octanol–water partition coefficient (Wildman–Crippen LogP) is 5.34. The average molecular weight is 391 g/mol. The smallest absolute Gasteiger partial charge is 0.482 e. The number of fused-ring (bicyclic) bond motifs is 3. The second kappa shape index (κ2) is 9.92. The van der Waals surface area contributed by atoms with Crippen LogP contribution in [0.5, 0.6) is 5.75 Å². The fourth-order valence-corrected chi connectivity index (χ4v) is 5.26. The highest BCUT2D eigenvalue weighted by Crippen LogP contribution is 2.42. The summed E-state index contributed by atoms with van der Waals surface area (Å²) < 4.78 is 5.35. The number of hydrogen-bond acceptors (Lipinski definition) is 3. The molecule has 0 aliphatic heterocycles. The van der Waals surface area contributed by atoms with E-state index < -0.39 is 0 Å². The van der Waals surface area contributed by atoms with E-state index in [1.807, 2.05) is 18.3 Å². The topological polar surface area (TPSA) is 34.1 Å². The zero-order valence-corrected chi connectivity index (χ0v) is 17.9. The van der Waals surface area contributed by atoms with Crippen molar-refractivity contribution in [1.29, 1.82) is 0 Å². The molecule has 28 heavy (non-hydrogen) atoms. The molecule has 1 heterocycles. The monoisotopic (exact) mass is 390 g/mol. The average Bonchev–Trinajstić information content (AvgIpc) is 2.76. The summed E-state index contributed by atoms with van der Waals surface area (Å²) in [7, 11) is 0. The third-order valence-electron chi connectivity index (χ3n) is 6.66. The van der Waals surface area contributed by atoms with Crippen molar-refractivity contribution in [3.05, 3.63) is 48.2 Å². The van der Waals surface area contributed by atoms with Crippen molar-refractivity contribution in [2.75, 3.05) is 6.54 Å². The number of rotatable bonds is 10. The third kappa shape index (κ3) is 4.80. The molecule has 1 saturated carbocycles. The number of hydrogen-bond donors (Lipinski definition) is 1. The number of nitrogens with zero attached hydrogens (tertiary/aromatic N) is 1. The van der Waals surface area contributed by atoms with E-state index >= 15 is 0 Å². The summed E-state index contributed by atoms with van der Waals surface area (Å²) in [6.45, 7) is 1.97. The van der Waals surface area contributed by atoms with E-state index in [9.17, 15) is 0 Å². The fraction of sp³-hybridized carbons (Fsp3) is 0.542. The molecule has 3 aliphatic rings. The van der Waals surface area contributed by atoms with Gasteiger partial charge in [0.25, 0.3) is 0 Å². The van der Waals surface area contributed by atoms with Crippen LogP contribution in [0.1, 0.15) is 56.9 Å². The van der Waals surface area contributed by atoms with Crippen molar-refractivity contribution < 1.29 is 3.79 Å². The van der Waals surface area contributed by atoms with Gasteiger partial charge in [0.05, 0.1) is 0 Å². The first-order chi connectivity index (χ1) is 13.8. The predicted molar refractivity (Wildman–Crippen MR) is 116 cm³/mol.